The van der Waals surface area contributed by atoms with E-state index in [1.165, 1.54) is 12.1 Å². The highest BCUT2D eigenvalue weighted by Gasteiger charge is 2.16. The van der Waals surface area contributed by atoms with Gasteiger partial charge in [0.2, 0.25) is 0 Å². The lowest BCUT2D eigenvalue weighted by Gasteiger charge is -2.15. The average Bonchev–Trinajstić information content (AvgIpc) is 2.42. The van der Waals surface area contributed by atoms with E-state index in [2.05, 4.69) is 0 Å². The van der Waals surface area contributed by atoms with Crippen LogP contribution in [0.5, 0.6) is 5.75 Å². The molecule has 0 amide bonds. The molecule has 1 unspecified atom stereocenters. The molecule has 4 heteroatoms. The maximum atomic E-state index is 13.4. The normalized spacial score (nSPS) is 12.2. The molecular weight excluding hydrogens is 267 g/mol. The summed E-state index contributed by atoms with van der Waals surface area (Å²) >= 11 is 5.86. The van der Waals surface area contributed by atoms with E-state index in [9.17, 15) is 9.50 Å². The lowest BCUT2D eigenvalue weighted by atomic mass is 10.0. The number of rotatable bonds is 4. The van der Waals surface area contributed by atoms with Crippen molar-refractivity contribution >= 4 is 11.6 Å². The van der Waals surface area contributed by atoms with Gasteiger partial charge < -0.3 is 9.84 Å². The smallest absolute Gasteiger partial charge is 0.142 e. The van der Waals surface area contributed by atoms with Gasteiger partial charge in [0.05, 0.1) is 18.2 Å². The van der Waals surface area contributed by atoms with Crippen molar-refractivity contribution in [2.24, 2.45) is 0 Å². The zero-order valence-corrected chi connectivity index (χ0v) is 11.2. The zero-order valence-electron chi connectivity index (χ0n) is 10.4. The molecule has 0 aromatic heterocycles. The average molecular weight is 281 g/mol. The molecule has 2 nitrogen and oxygen atoms in total. The molecule has 0 bridgehead atoms. The highest BCUT2D eigenvalue weighted by Crippen LogP contribution is 2.30. The molecule has 0 fully saturated rings. The molecule has 0 heterocycles. The second-order valence-electron chi connectivity index (χ2n) is 4.17. The Morgan fingerprint density at radius 2 is 1.95 bits per heavy atom. The fourth-order valence-corrected chi connectivity index (χ4v) is 2.22. The first-order valence-electron chi connectivity index (χ1n) is 5.87. The molecule has 1 atom stereocenters. The second kappa shape index (κ2) is 6.04. The topological polar surface area (TPSA) is 29.5 Å². The number of ether oxygens (including phenoxy) is 1. The summed E-state index contributed by atoms with van der Waals surface area (Å²) in [5.41, 5.74) is 1.23. The molecule has 2 aromatic carbocycles. The van der Waals surface area contributed by atoms with E-state index in [4.69, 9.17) is 16.3 Å². The van der Waals surface area contributed by atoms with Crippen molar-refractivity contribution in [3.8, 4) is 5.75 Å². The van der Waals surface area contributed by atoms with Gasteiger partial charge in [0.15, 0.2) is 0 Å². The van der Waals surface area contributed by atoms with Gasteiger partial charge in [-0.05, 0) is 17.7 Å². The summed E-state index contributed by atoms with van der Waals surface area (Å²) in [4.78, 5) is 0. The summed E-state index contributed by atoms with van der Waals surface area (Å²) in [6.07, 6.45) is -0.563. The van der Waals surface area contributed by atoms with Crippen LogP contribution in [0, 0.1) is 5.82 Å². The van der Waals surface area contributed by atoms with Crippen LogP contribution >= 0.6 is 11.6 Å². The van der Waals surface area contributed by atoms with Crippen molar-refractivity contribution in [3.05, 3.63) is 64.4 Å². The summed E-state index contributed by atoms with van der Waals surface area (Å²) in [7, 11) is 1.57. The summed E-state index contributed by atoms with van der Waals surface area (Å²) in [5.74, 6) is 0.160. The van der Waals surface area contributed by atoms with Crippen molar-refractivity contribution in [2.75, 3.05) is 7.11 Å². The van der Waals surface area contributed by atoms with E-state index in [1.54, 1.807) is 13.2 Å². The zero-order chi connectivity index (χ0) is 13.8. The van der Waals surface area contributed by atoms with Crippen LogP contribution in [0.3, 0.4) is 0 Å². The number of aliphatic hydroxyl groups is 1. The Bertz CT molecular complexity index is 572. The Morgan fingerprint density at radius 3 is 2.68 bits per heavy atom. The third-order valence-corrected chi connectivity index (χ3v) is 3.35. The van der Waals surface area contributed by atoms with E-state index in [-0.39, 0.29) is 5.02 Å². The minimum Gasteiger partial charge on any atom is -0.496 e. The maximum Gasteiger partial charge on any atom is 0.142 e. The molecule has 2 rings (SSSR count). The summed E-state index contributed by atoms with van der Waals surface area (Å²) in [5, 5.41) is 10.2. The number of hydrogen-bond donors (Lipinski definition) is 1. The largest absolute Gasteiger partial charge is 0.496 e. The van der Waals surface area contributed by atoms with E-state index < -0.39 is 11.9 Å². The number of benzene rings is 2. The van der Waals surface area contributed by atoms with Crippen LogP contribution in [0.1, 0.15) is 17.2 Å². The lowest BCUT2D eigenvalue weighted by molar-refractivity contribution is 0.177. The Labute approximate surface area is 116 Å². The highest BCUT2D eigenvalue weighted by atomic mass is 35.5. The van der Waals surface area contributed by atoms with Gasteiger partial charge in [-0.2, -0.15) is 0 Å². The van der Waals surface area contributed by atoms with Gasteiger partial charge in [-0.15, -0.1) is 0 Å². The van der Waals surface area contributed by atoms with Crippen LogP contribution in [0.4, 0.5) is 4.39 Å². The lowest BCUT2D eigenvalue weighted by Crippen LogP contribution is -2.04. The molecule has 0 radical (unpaired) electrons. The van der Waals surface area contributed by atoms with Crippen LogP contribution in [-0.2, 0) is 6.42 Å². The third-order valence-electron chi connectivity index (χ3n) is 2.95. The standard InChI is InChI=1S/C15H14ClFO2/c1-19-14-8-3-2-5-10(14)9-13(18)11-6-4-7-12(17)15(11)16/h2-8,13,18H,9H2,1H3. The minimum absolute atomic E-state index is 0.0371. The molecular formula is C15H14ClFO2. The molecule has 100 valence electrons. The van der Waals surface area contributed by atoms with Crippen LogP contribution < -0.4 is 4.74 Å². The summed E-state index contributed by atoms with van der Waals surface area (Å²) < 4.78 is 18.6. The Balaban J connectivity index is 2.26. The molecule has 0 aliphatic carbocycles. The van der Waals surface area contributed by atoms with E-state index >= 15 is 0 Å². The molecule has 1 N–H and O–H groups in total. The van der Waals surface area contributed by atoms with Crippen LogP contribution in [-0.4, -0.2) is 12.2 Å². The number of halogens is 2. The predicted molar refractivity (Wildman–Crippen MR) is 73.1 cm³/mol. The second-order valence-corrected chi connectivity index (χ2v) is 4.55. The van der Waals surface area contributed by atoms with E-state index in [0.717, 1.165) is 5.56 Å². The van der Waals surface area contributed by atoms with E-state index in [0.29, 0.717) is 17.7 Å². The fourth-order valence-electron chi connectivity index (χ4n) is 1.97. The number of para-hydroxylation sites is 1. The van der Waals surface area contributed by atoms with Crippen LogP contribution in [0.2, 0.25) is 5.02 Å². The van der Waals surface area contributed by atoms with Crippen LogP contribution in [0.25, 0.3) is 0 Å². The summed E-state index contributed by atoms with van der Waals surface area (Å²) in [6.45, 7) is 0. The minimum atomic E-state index is -0.875. The monoisotopic (exact) mass is 280 g/mol. The summed E-state index contributed by atoms with van der Waals surface area (Å²) in [6, 6.07) is 11.8. The van der Waals surface area contributed by atoms with Crippen molar-refractivity contribution in [1.29, 1.82) is 0 Å². The van der Waals surface area contributed by atoms with Crippen molar-refractivity contribution in [2.45, 2.75) is 12.5 Å². The number of aliphatic hydroxyl groups excluding tert-OH is 1. The van der Waals surface area contributed by atoms with Gasteiger partial charge >= 0.3 is 0 Å². The Hall–Kier alpha value is -1.58. The predicted octanol–water partition coefficient (Wildman–Crippen LogP) is 3.76. The molecule has 19 heavy (non-hydrogen) atoms. The van der Waals surface area contributed by atoms with Crippen molar-refractivity contribution in [1.82, 2.24) is 0 Å². The van der Waals surface area contributed by atoms with Gasteiger partial charge in [0.1, 0.15) is 11.6 Å². The Morgan fingerprint density at radius 1 is 1.21 bits per heavy atom. The van der Waals surface area contributed by atoms with Crippen molar-refractivity contribution in [3.63, 3.8) is 0 Å². The molecule has 0 aliphatic heterocycles. The fraction of sp³-hybridized carbons (Fsp3) is 0.200. The van der Waals surface area contributed by atoms with Gasteiger partial charge in [-0.3, -0.25) is 0 Å². The van der Waals surface area contributed by atoms with Crippen molar-refractivity contribution < 1.29 is 14.2 Å². The first-order valence-corrected chi connectivity index (χ1v) is 6.25. The van der Waals surface area contributed by atoms with Gasteiger partial charge in [0, 0.05) is 12.0 Å². The quantitative estimate of drug-likeness (QED) is 0.924. The van der Waals surface area contributed by atoms with Gasteiger partial charge in [-0.1, -0.05) is 41.9 Å². The van der Waals surface area contributed by atoms with Gasteiger partial charge in [0.25, 0.3) is 0 Å². The van der Waals surface area contributed by atoms with E-state index in [1.807, 2.05) is 24.3 Å². The first kappa shape index (κ1) is 13.8. The number of methoxy groups -OCH3 is 1. The Kier molecular flexibility index (Phi) is 4.40. The van der Waals surface area contributed by atoms with Gasteiger partial charge in [-0.25, -0.2) is 4.39 Å². The molecule has 0 saturated heterocycles. The SMILES string of the molecule is COc1ccccc1CC(O)c1cccc(F)c1Cl. The highest BCUT2D eigenvalue weighted by molar-refractivity contribution is 6.31. The maximum absolute atomic E-state index is 13.4. The molecule has 0 saturated carbocycles. The first-order chi connectivity index (χ1) is 9.13. The van der Waals surface area contributed by atoms with Crippen LogP contribution in [0.15, 0.2) is 42.5 Å². The molecule has 2 aromatic rings. The molecule has 0 spiro atoms. The number of hydrogen-bond acceptors (Lipinski definition) is 2. The molecule has 0 aliphatic rings. The third kappa shape index (κ3) is 3.06.